The average Bonchev–Trinajstić information content (AvgIpc) is 3.38. The number of carboxylic acids is 1. The van der Waals surface area contributed by atoms with Gasteiger partial charge in [0.05, 0.1) is 53.8 Å². The largest absolute Gasteiger partial charge is 0.748 e. The zero-order valence-corrected chi connectivity index (χ0v) is 34.4. The number of anilines is 1. The molecular weight excluding hydrogens is 781 g/mol. The molecule has 0 amide bonds. The summed E-state index contributed by atoms with van der Waals surface area (Å²) >= 11 is 0. The van der Waals surface area contributed by atoms with E-state index in [1.807, 2.05) is 54.3 Å². The summed E-state index contributed by atoms with van der Waals surface area (Å²) in [5.41, 5.74) is 2.55. The minimum Gasteiger partial charge on any atom is -0.748 e. The van der Waals surface area contributed by atoms with Gasteiger partial charge in [-0.15, -0.1) is 0 Å². The molecule has 1 aromatic rings. The number of aliphatic carboxylic acids is 1. The smallest absolute Gasteiger partial charge is 0.303 e. The topological polar surface area (TPSA) is 208 Å². The predicted octanol–water partition coefficient (Wildman–Crippen LogP) is 4.03. The van der Waals surface area contributed by atoms with Crippen molar-refractivity contribution in [3.05, 3.63) is 83.1 Å². The second-order valence-corrected chi connectivity index (χ2v) is 16.8. The fraction of sp³-hybridized carbons (Fsp3) is 0.500. The van der Waals surface area contributed by atoms with Crippen LogP contribution in [0.25, 0.3) is 17.4 Å². The molecule has 0 saturated carbocycles. The van der Waals surface area contributed by atoms with E-state index in [9.17, 15) is 30.7 Å². The molecule has 0 radical (unpaired) electrons. The molecule has 1 N–H and O–H groups in total. The maximum Gasteiger partial charge on any atom is 0.303 e. The molecule has 1 atom stereocenters. The van der Waals surface area contributed by atoms with E-state index in [0.717, 1.165) is 16.5 Å². The van der Waals surface area contributed by atoms with E-state index >= 15 is 0 Å². The van der Waals surface area contributed by atoms with Crippen LogP contribution < -0.4 is 14.8 Å². The van der Waals surface area contributed by atoms with Gasteiger partial charge in [0.1, 0.15) is 29.1 Å². The normalized spacial score (nSPS) is 16.6. The van der Waals surface area contributed by atoms with E-state index in [1.54, 1.807) is 26.5 Å². The lowest BCUT2D eigenvalue weighted by atomic mass is 9.77. The maximum absolute atomic E-state index is 12.1. The van der Waals surface area contributed by atoms with Crippen molar-refractivity contribution in [2.75, 3.05) is 84.1 Å². The Bertz CT molecular complexity index is 2100. The number of methoxy groups -OCH3 is 2. The zero-order chi connectivity index (χ0) is 41.5. The molecule has 57 heavy (non-hydrogen) atoms. The molecule has 4 rings (SSSR count). The van der Waals surface area contributed by atoms with Crippen molar-refractivity contribution in [3.63, 3.8) is 0 Å². The minimum atomic E-state index is -4.82. The van der Waals surface area contributed by atoms with Crippen LogP contribution in [0.1, 0.15) is 56.6 Å². The summed E-state index contributed by atoms with van der Waals surface area (Å²) < 4.78 is 101. The van der Waals surface area contributed by atoms with Crippen LogP contribution in [-0.2, 0) is 49.4 Å². The van der Waals surface area contributed by atoms with Crippen LogP contribution in [0.5, 0.6) is 0 Å². The Balaban J connectivity index is 1.72. The van der Waals surface area contributed by atoms with Crippen LogP contribution in [0.2, 0.25) is 0 Å². The standard InChI is InChI=1S/C40H54N2O13S2/c1-40(17-8-28-56(45,46)47)35-30-33(57(48,49)50)13-15-36(35)42(18-6-4-5-11-39(43)44)38(40)10-7-9-31-16-21-55-37-29-32(12-14-34(31)37)41(19-22-53-26-24-51-2)20-23-54-27-25-52-3/h7,9-10,12-16,21,29-30H,4-6,8,11,17-20,22-28H2,1-3H3,(H2-,43,44,45,46,47,48,49,50)/p-1. The highest BCUT2D eigenvalue weighted by molar-refractivity contribution is 7.86. The van der Waals surface area contributed by atoms with Crippen molar-refractivity contribution < 1.29 is 59.2 Å². The number of fused-ring (bicyclic) bond motifs is 2. The van der Waals surface area contributed by atoms with E-state index in [1.165, 1.54) is 12.1 Å². The molecule has 0 spiro atoms. The Kier molecular flexibility index (Phi) is 17.4. The molecule has 1 aliphatic carbocycles. The molecule has 3 aliphatic rings. The Morgan fingerprint density at radius 1 is 0.895 bits per heavy atom. The quantitative estimate of drug-likeness (QED) is 0.0727. The first-order chi connectivity index (χ1) is 27.2. The van der Waals surface area contributed by atoms with Crippen molar-refractivity contribution in [3.8, 4) is 11.3 Å². The second kappa shape index (κ2) is 21.7. The number of ether oxygens (including phenoxy) is 4. The molecule has 15 nitrogen and oxygen atoms in total. The molecule has 1 aromatic carbocycles. The van der Waals surface area contributed by atoms with Crippen molar-refractivity contribution in [1.82, 2.24) is 4.58 Å². The highest BCUT2D eigenvalue weighted by atomic mass is 32.2. The van der Waals surface area contributed by atoms with Crippen molar-refractivity contribution in [2.24, 2.45) is 0 Å². The van der Waals surface area contributed by atoms with Crippen molar-refractivity contribution in [1.29, 1.82) is 0 Å². The monoisotopic (exact) mass is 833 g/mol. The van der Waals surface area contributed by atoms with Crippen molar-refractivity contribution >= 4 is 38.0 Å². The third-order valence-corrected chi connectivity index (χ3v) is 11.5. The van der Waals surface area contributed by atoms with Crippen LogP contribution in [0.4, 0.5) is 5.69 Å². The van der Waals surface area contributed by atoms with E-state index in [4.69, 9.17) is 28.5 Å². The van der Waals surface area contributed by atoms with E-state index in [-0.39, 0.29) is 19.3 Å². The number of hydrogen-bond donors (Lipinski definition) is 1. The van der Waals surface area contributed by atoms with Gasteiger partial charge in [0.2, 0.25) is 5.36 Å². The summed E-state index contributed by atoms with van der Waals surface area (Å²) in [6.45, 7) is 6.41. The molecule has 17 heteroatoms. The third-order valence-electron chi connectivity index (χ3n) is 9.83. The molecule has 314 valence electrons. The lowest BCUT2D eigenvalue weighted by Crippen LogP contribution is -2.36. The van der Waals surface area contributed by atoms with E-state index in [2.05, 4.69) is 4.58 Å². The summed E-state index contributed by atoms with van der Waals surface area (Å²) in [5.74, 6) is -0.865. The first kappa shape index (κ1) is 45.8. The van der Waals surface area contributed by atoms with Crippen LogP contribution in [0, 0.1) is 0 Å². The summed E-state index contributed by atoms with van der Waals surface area (Å²) in [5, 5.41) is 10.0. The molecule has 0 bridgehead atoms. The van der Waals surface area contributed by atoms with Gasteiger partial charge in [-0.05, 0) is 80.1 Å². The van der Waals surface area contributed by atoms with E-state index in [0.29, 0.717) is 101 Å². The maximum atomic E-state index is 12.1. The molecule has 1 unspecified atom stereocenters. The second-order valence-electron chi connectivity index (χ2n) is 13.9. The number of rotatable bonds is 25. The van der Waals surface area contributed by atoms with Gasteiger partial charge < -0.3 is 42.5 Å². The number of allylic oxidation sites excluding steroid dienone is 3. The van der Waals surface area contributed by atoms with Gasteiger partial charge >= 0.3 is 5.97 Å². The van der Waals surface area contributed by atoms with Gasteiger partial charge in [0.15, 0.2) is 13.1 Å². The molecule has 2 heterocycles. The first-order valence-electron chi connectivity index (χ1n) is 18.8. The molecule has 2 aliphatic heterocycles. The van der Waals surface area contributed by atoms with Gasteiger partial charge in [-0.1, -0.05) is 18.6 Å². The minimum absolute atomic E-state index is 0.00757. The van der Waals surface area contributed by atoms with Gasteiger partial charge in [-0.25, -0.2) is 21.4 Å². The Labute approximate surface area is 335 Å². The van der Waals surface area contributed by atoms with Crippen molar-refractivity contribution in [2.45, 2.75) is 55.8 Å². The summed E-state index contributed by atoms with van der Waals surface area (Å²) in [6.07, 6.45) is 9.08. The zero-order valence-electron chi connectivity index (χ0n) is 32.7. The third kappa shape index (κ3) is 13.6. The van der Waals surface area contributed by atoms with Crippen LogP contribution in [0.3, 0.4) is 0 Å². The molecular formula is C40H53N2O13S2-. The Morgan fingerprint density at radius 3 is 2.23 bits per heavy atom. The molecule has 0 saturated heterocycles. The SMILES string of the molecule is COCCOCC[N+](CCOCCOC)=c1ccc2c(/C=C/C=C3/N(CCCCCC(=O)O)c4ccc(S(=O)(=O)[O-])cc4C3(C)CCCS(=O)(=O)[O-])ccoc-2c1. The number of unbranched alkanes of at least 4 members (excludes halogenated alkanes) is 2. The molecule has 0 fully saturated rings. The number of carbonyl (C=O) groups is 1. The fourth-order valence-electron chi connectivity index (χ4n) is 6.93. The van der Waals surface area contributed by atoms with Crippen LogP contribution in [0.15, 0.2) is 75.9 Å². The molecule has 0 aromatic heterocycles. The average molecular weight is 834 g/mol. The predicted molar refractivity (Wildman–Crippen MR) is 212 cm³/mol. The highest BCUT2D eigenvalue weighted by Crippen LogP contribution is 2.51. The Hall–Kier alpha value is -3.94. The summed E-state index contributed by atoms with van der Waals surface area (Å²) in [7, 11) is -6.11. The van der Waals surface area contributed by atoms with Crippen LogP contribution >= 0.6 is 0 Å². The summed E-state index contributed by atoms with van der Waals surface area (Å²) in [6, 6.07) is 11.9. The lowest BCUT2D eigenvalue weighted by Gasteiger charge is -2.31. The number of hydrogen-bond acceptors (Lipinski definition) is 13. The number of carboxylic acid groups (broad SMARTS) is 1. The number of nitrogens with zero attached hydrogens (tertiary/aromatic N) is 2. The first-order valence-corrected chi connectivity index (χ1v) is 21.8. The van der Waals surface area contributed by atoms with Gasteiger partial charge in [-0.2, -0.15) is 0 Å². The fourth-order valence-corrected chi connectivity index (χ4v) is 7.92. The van der Waals surface area contributed by atoms with Gasteiger partial charge in [0.25, 0.3) is 0 Å². The lowest BCUT2D eigenvalue weighted by molar-refractivity contribution is -0.137. The van der Waals surface area contributed by atoms with Gasteiger partial charge in [0, 0.05) is 61.4 Å². The number of benzene rings is 2. The Morgan fingerprint density at radius 2 is 1.60 bits per heavy atom. The highest BCUT2D eigenvalue weighted by Gasteiger charge is 2.43. The van der Waals surface area contributed by atoms with E-state index < -0.39 is 42.3 Å². The summed E-state index contributed by atoms with van der Waals surface area (Å²) in [4.78, 5) is 12.7. The van der Waals surface area contributed by atoms with Crippen LogP contribution in [-0.4, -0.2) is 116 Å². The van der Waals surface area contributed by atoms with Gasteiger partial charge in [-0.3, -0.25) is 4.79 Å².